The van der Waals surface area contributed by atoms with Crippen LogP contribution in [0.4, 0.5) is 10.1 Å². The highest BCUT2D eigenvalue weighted by atomic mass is 32.2. The average molecular weight is 457 g/mol. The summed E-state index contributed by atoms with van der Waals surface area (Å²) in [6, 6.07) is 3.30. The number of ketones is 1. The first kappa shape index (κ1) is 21.3. The second-order valence-electron chi connectivity index (χ2n) is 9.49. The van der Waals surface area contributed by atoms with Crippen LogP contribution < -0.4 is 20.8 Å². The van der Waals surface area contributed by atoms with Crippen LogP contribution in [0.1, 0.15) is 49.5 Å². The van der Waals surface area contributed by atoms with E-state index in [0.29, 0.717) is 35.1 Å². The second kappa shape index (κ2) is 7.22. The molecule has 3 heterocycles. The summed E-state index contributed by atoms with van der Waals surface area (Å²) in [7, 11) is 1.48. The lowest BCUT2D eigenvalue weighted by Crippen LogP contribution is -2.42. The third-order valence-electron chi connectivity index (χ3n) is 6.83. The molecule has 0 spiro atoms. The Morgan fingerprint density at radius 1 is 1.31 bits per heavy atom. The van der Waals surface area contributed by atoms with Gasteiger partial charge in [0.05, 0.1) is 34.7 Å². The molecule has 1 saturated carbocycles. The number of anilines is 1. The number of ether oxygens (including phenoxy) is 1. The van der Waals surface area contributed by atoms with Gasteiger partial charge in [-0.15, -0.1) is 0 Å². The van der Waals surface area contributed by atoms with Crippen molar-refractivity contribution in [3.63, 3.8) is 0 Å². The van der Waals surface area contributed by atoms with Crippen LogP contribution in [-0.2, 0) is 0 Å². The highest BCUT2D eigenvalue weighted by Crippen LogP contribution is 2.49. The lowest BCUT2D eigenvalue weighted by atomic mass is 9.88. The zero-order chi connectivity index (χ0) is 22.9. The van der Waals surface area contributed by atoms with E-state index in [1.54, 1.807) is 0 Å². The number of pyridine rings is 1. The summed E-state index contributed by atoms with van der Waals surface area (Å²) in [6.45, 7) is 5.17. The third-order valence-corrected chi connectivity index (χ3v) is 8.01. The normalized spacial score (nSPS) is 23.0. The number of nitriles is 1. The summed E-state index contributed by atoms with van der Waals surface area (Å²) in [6.07, 6.45) is 2.61. The summed E-state index contributed by atoms with van der Waals surface area (Å²) in [4.78, 5) is 28.0. The van der Waals surface area contributed by atoms with E-state index in [1.807, 2.05) is 29.4 Å². The Kier molecular flexibility index (Phi) is 4.80. The number of benzene rings is 1. The number of carbonyl (C=O) groups excluding carboxylic acids is 1. The Morgan fingerprint density at radius 2 is 2.03 bits per heavy atom. The van der Waals surface area contributed by atoms with Crippen LogP contribution in [0.25, 0.3) is 10.9 Å². The third kappa shape index (κ3) is 3.04. The van der Waals surface area contributed by atoms with Crippen molar-refractivity contribution < 1.29 is 13.9 Å². The molecule has 5 rings (SSSR count). The van der Waals surface area contributed by atoms with Crippen LogP contribution in [0.3, 0.4) is 0 Å². The van der Waals surface area contributed by atoms with E-state index in [0.717, 1.165) is 31.0 Å². The van der Waals surface area contributed by atoms with E-state index in [4.69, 9.17) is 10.5 Å². The van der Waals surface area contributed by atoms with Gasteiger partial charge in [-0.2, -0.15) is 5.26 Å². The van der Waals surface area contributed by atoms with E-state index in [9.17, 15) is 14.9 Å². The molecular weight excluding hydrogens is 431 g/mol. The maximum Gasteiger partial charge on any atom is 0.201 e. The van der Waals surface area contributed by atoms with E-state index in [2.05, 4.69) is 0 Å². The number of thioether (sulfide) groups is 1. The van der Waals surface area contributed by atoms with Gasteiger partial charge in [-0.25, -0.2) is 4.39 Å². The average Bonchev–Trinajstić information content (AvgIpc) is 3.34. The fourth-order valence-electron chi connectivity index (χ4n) is 4.93. The fraction of sp³-hybridized carbons (Fsp3) is 0.522. The maximum atomic E-state index is 15.5. The first-order valence-corrected chi connectivity index (χ1v) is 11.7. The molecule has 2 aromatic rings. The fourth-order valence-corrected chi connectivity index (χ4v) is 6.09. The maximum absolute atomic E-state index is 15.5. The van der Waals surface area contributed by atoms with Crippen molar-refractivity contribution in [2.45, 2.75) is 55.0 Å². The number of rotatable bonds is 4. The highest BCUT2D eigenvalue weighted by molar-refractivity contribution is 8.01. The van der Waals surface area contributed by atoms with Crippen LogP contribution >= 0.6 is 11.8 Å². The van der Waals surface area contributed by atoms with Gasteiger partial charge in [-0.3, -0.25) is 9.59 Å². The second-order valence-corrected chi connectivity index (χ2v) is 10.6. The van der Waals surface area contributed by atoms with Crippen molar-refractivity contribution >= 4 is 34.1 Å². The first-order chi connectivity index (χ1) is 15.2. The molecule has 2 fully saturated rings. The number of carbonyl (C=O) groups is 1. The van der Waals surface area contributed by atoms with Gasteiger partial charge in [0.25, 0.3) is 0 Å². The van der Waals surface area contributed by atoms with Crippen molar-refractivity contribution in [1.82, 2.24) is 4.57 Å². The van der Waals surface area contributed by atoms with Crippen molar-refractivity contribution in [2.24, 2.45) is 11.7 Å². The lowest BCUT2D eigenvalue weighted by molar-refractivity contribution is 0.100. The Bertz CT molecular complexity index is 1260. The first-order valence-electron chi connectivity index (χ1n) is 10.8. The van der Waals surface area contributed by atoms with E-state index in [-0.39, 0.29) is 22.9 Å². The van der Waals surface area contributed by atoms with Crippen molar-refractivity contribution in [2.75, 3.05) is 25.1 Å². The zero-order valence-corrected chi connectivity index (χ0v) is 19.1. The number of fused-ring (bicyclic) bond motifs is 2. The predicted molar refractivity (Wildman–Crippen MR) is 121 cm³/mol. The number of methoxy groups -OCH3 is 1. The van der Waals surface area contributed by atoms with E-state index >= 15 is 4.39 Å². The van der Waals surface area contributed by atoms with Gasteiger partial charge in [-0.05, 0) is 45.1 Å². The standard InChI is InChI=1S/C23H25FN4O3S/c1-23(2,26)11-6-7-27(10-11)18-14(24)8-13-17(21(18)31-3)28(12-4-5-12)22-16(19(13)29)20(30)15(9-25)32-22/h8,11-12,15H,4-7,10,26H2,1-3H3/t11-,15?/m1/s1. The van der Waals surface area contributed by atoms with Gasteiger partial charge in [0.15, 0.2) is 22.6 Å². The topological polar surface area (TPSA) is 101 Å². The largest absolute Gasteiger partial charge is 0.492 e. The summed E-state index contributed by atoms with van der Waals surface area (Å²) in [5, 5.41) is 9.06. The lowest BCUT2D eigenvalue weighted by Gasteiger charge is -2.29. The molecule has 0 radical (unpaired) electrons. The minimum Gasteiger partial charge on any atom is -0.492 e. The van der Waals surface area contributed by atoms with Crippen molar-refractivity contribution in [3.05, 3.63) is 27.7 Å². The van der Waals surface area contributed by atoms with Crippen LogP contribution in [0.5, 0.6) is 5.75 Å². The molecule has 2 aliphatic heterocycles. The molecule has 1 aliphatic carbocycles. The number of Topliss-reactive ketones (excluding diaryl/α,β-unsaturated/α-hetero) is 1. The Balaban J connectivity index is 1.78. The number of hydrogen-bond acceptors (Lipinski definition) is 7. The predicted octanol–water partition coefficient (Wildman–Crippen LogP) is 3.23. The van der Waals surface area contributed by atoms with Crippen molar-refractivity contribution in [3.8, 4) is 11.8 Å². The molecule has 1 unspecified atom stereocenters. The Morgan fingerprint density at radius 3 is 2.59 bits per heavy atom. The minimum atomic E-state index is -0.957. The molecule has 0 bridgehead atoms. The van der Waals surface area contributed by atoms with E-state index in [1.165, 1.54) is 13.2 Å². The van der Waals surface area contributed by atoms with Gasteiger partial charge >= 0.3 is 0 Å². The van der Waals surface area contributed by atoms with E-state index < -0.39 is 27.8 Å². The zero-order valence-electron chi connectivity index (χ0n) is 18.3. The molecule has 2 N–H and O–H groups in total. The van der Waals surface area contributed by atoms with Gasteiger partial charge < -0.3 is 19.9 Å². The molecule has 168 valence electrons. The Labute approximate surface area is 189 Å². The molecule has 9 heteroatoms. The Hall–Kier alpha value is -2.57. The number of nitrogens with two attached hydrogens (primary N) is 1. The number of nitrogens with zero attached hydrogens (tertiary/aromatic N) is 3. The monoisotopic (exact) mass is 456 g/mol. The van der Waals surface area contributed by atoms with Gasteiger partial charge in [0, 0.05) is 24.7 Å². The molecule has 0 amide bonds. The summed E-state index contributed by atoms with van der Waals surface area (Å²) in [5.74, 6) is -0.558. The molecule has 1 aromatic carbocycles. The summed E-state index contributed by atoms with van der Waals surface area (Å²) < 4.78 is 23.2. The molecular formula is C23H25FN4O3S. The molecule has 1 saturated heterocycles. The van der Waals surface area contributed by atoms with Crippen LogP contribution in [0, 0.1) is 23.1 Å². The van der Waals surface area contributed by atoms with Crippen LogP contribution in [0.2, 0.25) is 0 Å². The highest BCUT2D eigenvalue weighted by Gasteiger charge is 2.42. The number of aromatic nitrogens is 1. The molecule has 1 aromatic heterocycles. The van der Waals surface area contributed by atoms with Crippen molar-refractivity contribution in [1.29, 1.82) is 5.26 Å². The minimum absolute atomic E-state index is 0.00118. The quantitative estimate of drug-likeness (QED) is 0.754. The summed E-state index contributed by atoms with van der Waals surface area (Å²) >= 11 is 1.11. The van der Waals surface area contributed by atoms with Gasteiger partial charge in [0.2, 0.25) is 5.43 Å². The molecule has 3 aliphatic rings. The van der Waals surface area contributed by atoms with Gasteiger partial charge in [-0.1, -0.05) is 11.8 Å². The SMILES string of the molecule is COc1c(N2CC[C@@H](C(C)(C)N)C2)c(F)cc2c(=O)c3c(n(C4CC4)c12)SC(C#N)C3=O. The molecule has 7 nitrogen and oxygen atoms in total. The number of halogens is 1. The number of hydrogen-bond donors (Lipinski definition) is 1. The van der Waals surface area contributed by atoms with Crippen LogP contribution in [0.15, 0.2) is 15.9 Å². The van der Waals surface area contributed by atoms with Gasteiger partial charge in [0.1, 0.15) is 5.69 Å². The molecule has 2 atom stereocenters. The smallest absolute Gasteiger partial charge is 0.201 e. The molecule has 32 heavy (non-hydrogen) atoms. The summed E-state index contributed by atoms with van der Waals surface area (Å²) in [5.41, 5.74) is 6.22. The van der Waals surface area contributed by atoms with Crippen LogP contribution in [-0.4, -0.2) is 41.3 Å².